The smallest absolute Gasteiger partial charge is 0.282 e. The van der Waals surface area contributed by atoms with E-state index in [2.05, 4.69) is 5.92 Å². The van der Waals surface area contributed by atoms with Crippen LogP contribution in [0.25, 0.3) is 0 Å². The molecule has 1 aromatic rings. The number of hydrogen-bond donors (Lipinski definition) is 0. The number of carbonyl (C=O) groups is 1. The van der Waals surface area contributed by atoms with Crippen molar-refractivity contribution >= 4 is 11.6 Å². The van der Waals surface area contributed by atoms with E-state index >= 15 is 0 Å². The van der Waals surface area contributed by atoms with Gasteiger partial charge in [-0.2, -0.15) is 0 Å². The maximum atomic E-state index is 11.9. The van der Waals surface area contributed by atoms with Gasteiger partial charge in [-0.3, -0.25) is 14.9 Å². The fourth-order valence-corrected chi connectivity index (χ4v) is 1.39. The summed E-state index contributed by atoms with van der Waals surface area (Å²) < 4.78 is 0. The van der Waals surface area contributed by atoms with Crippen molar-refractivity contribution in [1.82, 2.24) is 4.90 Å². The number of nitrogens with zero attached hydrogens (tertiary/aromatic N) is 2. The van der Waals surface area contributed by atoms with E-state index in [1.807, 2.05) is 0 Å². The molecule has 0 saturated carbocycles. The average Bonchev–Trinajstić information content (AvgIpc) is 2.27. The highest BCUT2D eigenvalue weighted by Crippen LogP contribution is 2.21. The Morgan fingerprint density at radius 1 is 1.59 bits per heavy atom. The third-order valence-electron chi connectivity index (χ3n) is 2.25. The van der Waals surface area contributed by atoms with Crippen LogP contribution in [0.2, 0.25) is 0 Å². The van der Waals surface area contributed by atoms with Crippen LogP contribution in [0.3, 0.4) is 0 Å². The zero-order valence-corrected chi connectivity index (χ0v) is 9.64. The van der Waals surface area contributed by atoms with Crippen LogP contribution >= 0.6 is 0 Å². The molecule has 1 amide bonds. The molecule has 0 bridgehead atoms. The molecule has 0 spiro atoms. The molecule has 0 N–H and O–H groups in total. The Bertz CT molecular complexity index is 503. The summed E-state index contributed by atoms with van der Waals surface area (Å²) in [6, 6.07) is 4.41. The predicted molar refractivity (Wildman–Crippen MR) is 63.6 cm³/mol. The van der Waals surface area contributed by atoms with Crippen molar-refractivity contribution < 1.29 is 9.72 Å². The summed E-state index contributed by atoms with van der Waals surface area (Å²) in [5, 5.41) is 10.8. The summed E-state index contributed by atoms with van der Waals surface area (Å²) in [6.07, 6.45) is 5.10. The van der Waals surface area contributed by atoms with Gasteiger partial charge in [0.25, 0.3) is 11.6 Å². The maximum Gasteiger partial charge on any atom is 0.282 e. The first kappa shape index (κ1) is 12.7. The van der Waals surface area contributed by atoms with Gasteiger partial charge >= 0.3 is 0 Å². The van der Waals surface area contributed by atoms with E-state index in [1.54, 1.807) is 13.0 Å². The first-order valence-electron chi connectivity index (χ1n) is 4.91. The molecule has 0 aliphatic carbocycles. The molecule has 0 aromatic heterocycles. The highest BCUT2D eigenvalue weighted by atomic mass is 16.6. The lowest BCUT2D eigenvalue weighted by Crippen LogP contribution is -2.27. The number of nitro benzene ring substituents is 1. The van der Waals surface area contributed by atoms with E-state index in [1.165, 1.54) is 24.1 Å². The lowest BCUT2D eigenvalue weighted by atomic mass is 10.1. The summed E-state index contributed by atoms with van der Waals surface area (Å²) in [4.78, 5) is 23.4. The molecule has 0 radical (unpaired) electrons. The molecule has 0 atom stereocenters. The fraction of sp³-hybridized carbons (Fsp3) is 0.250. The van der Waals surface area contributed by atoms with Crippen molar-refractivity contribution in [2.75, 3.05) is 13.6 Å². The molecule has 0 fully saturated rings. The first-order valence-corrected chi connectivity index (χ1v) is 4.91. The van der Waals surface area contributed by atoms with Crippen LogP contribution in [-0.2, 0) is 0 Å². The van der Waals surface area contributed by atoms with Crippen molar-refractivity contribution in [2.45, 2.75) is 6.92 Å². The van der Waals surface area contributed by atoms with E-state index in [0.717, 1.165) is 5.56 Å². The Morgan fingerprint density at radius 3 is 2.76 bits per heavy atom. The van der Waals surface area contributed by atoms with Crippen LogP contribution in [0.1, 0.15) is 15.9 Å². The van der Waals surface area contributed by atoms with Crippen molar-refractivity contribution in [3.63, 3.8) is 0 Å². The molecule has 1 aromatic carbocycles. The van der Waals surface area contributed by atoms with Crippen molar-refractivity contribution in [3.05, 3.63) is 39.4 Å². The molecule has 5 nitrogen and oxygen atoms in total. The molecule has 0 heterocycles. The van der Waals surface area contributed by atoms with Gasteiger partial charge in [0, 0.05) is 13.1 Å². The van der Waals surface area contributed by atoms with Gasteiger partial charge in [-0.05, 0) is 18.6 Å². The van der Waals surface area contributed by atoms with Gasteiger partial charge in [0.15, 0.2) is 0 Å². The Morgan fingerprint density at radius 2 is 2.24 bits per heavy atom. The largest absolute Gasteiger partial charge is 0.330 e. The van der Waals surface area contributed by atoms with Crippen LogP contribution in [0, 0.1) is 29.4 Å². The molecular formula is C12H12N2O3. The average molecular weight is 232 g/mol. The van der Waals surface area contributed by atoms with E-state index in [0.29, 0.717) is 0 Å². The summed E-state index contributed by atoms with van der Waals surface area (Å²) in [5.74, 6) is 1.87. The molecule has 0 aliphatic rings. The number of amides is 1. The van der Waals surface area contributed by atoms with E-state index in [-0.39, 0.29) is 17.8 Å². The van der Waals surface area contributed by atoms with Crippen molar-refractivity contribution in [2.24, 2.45) is 0 Å². The molecule has 88 valence electrons. The highest BCUT2D eigenvalue weighted by molar-refractivity contribution is 5.98. The van der Waals surface area contributed by atoms with Crippen LogP contribution < -0.4 is 0 Å². The molecule has 5 heteroatoms. The number of carbonyl (C=O) groups excluding carboxylic acids is 1. The minimum absolute atomic E-state index is 0.0627. The topological polar surface area (TPSA) is 63.5 Å². The SMILES string of the molecule is C#CCN(C)C(=O)c1cc(C)ccc1[N+](=O)[O-]. The lowest BCUT2D eigenvalue weighted by molar-refractivity contribution is -0.385. The second kappa shape index (κ2) is 5.12. The summed E-state index contributed by atoms with van der Waals surface area (Å²) in [5.41, 5.74) is 0.644. The van der Waals surface area contributed by atoms with Gasteiger partial charge in [0.1, 0.15) is 5.56 Å². The Balaban J connectivity index is 3.20. The minimum Gasteiger partial charge on any atom is -0.330 e. The summed E-state index contributed by atoms with van der Waals surface area (Å²) in [7, 11) is 1.51. The Labute approximate surface area is 99.2 Å². The zero-order chi connectivity index (χ0) is 13.0. The second-order valence-corrected chi connectivity index (χ2v) is 3.64. The number of hydrogen-bond acceptors (Lipinski definition) is 3. The molecule has 1 rings (SSSR count). The molecule has 0 aliphatic heterocycles. The van der Waals surface area contributed by atoms with Crippen molar-refractivity contribution in [1.29, 1.82) is 0 Å². The van der Waals surface area contributed by atoms with E-state index in [9.17, 15) is 14.9 Å². The summed E-state index contributed by atoms with van der Waals surface area (Å²) >= 11 is 0. The molecule has 0 unspecified atom stereocenters. The zero-order valence-electron chi connectivity index (χ0n) is 9.64. The number of rotatable bonds is 3. The number of aryl methyl sites for hydroxylation is 1. The van der Waals surface area contributed by atoms with Crippen molar-refractivity contribution in [3.8, 4) is 12.3 Å². The van der Waals surface area contributed by atoms with Gasteiger partial charge in [0.2, 0.25) is 0 Å². The summed E-state index contributed by atoms with van der Waals surface area (Å²) in [6.45, 7) is 1.88. The van der Waals surface area contributed by atoms with Crippen LogP contribution in [0.4, 0.5) is 5.69 Å². The van der Waals surface area contributed by atoms with Gasteiger partial charge in [0.05, 0.1) is 11.5 Å². The Hall–Kier alpha value is -2.35. The fourth-order valence-electron chi connectivity index (χ4n) is 1.39. The highest BCUT2D eigenvalue weighted by Gasteiger charge is 2.22. The quantitative estimate of drug-likeness (QED) is 0.452. The van der Waals surface area contributed by atoms with Gasteiger partial charge < -0.3 is 4.90 Å². The lowest BCUT2D eigenvalue weighted by Gasteiger charge is -2.14. The number of nitro groups is 1. The predicted octanol–water partition coefficient (Wildman–Crippen LogP) is 1.61. The third-order valence-corrected chi connectivity index (χ3v) is 2.25. The van der Waals surface area contributed by atoms with Gasteiger partial charge in [-0.25, -0.2) is 0 Å². The van der Waals surface area contributed by atoms with Crippen LogP contribution in [-0.4, -0.2) is 29.3 Å². The monoisotopic (exact) mass is 232 g/mol. The van der Waals surface area contributed by atoms with E-state index < -0.39 is 10.8 Å². The second-order valence-electron chi connectivity index (χ2n) is 3.64. The van der Waals surface area contributed by atoms with Gasteiger partial charge in [-0.1, -0.05) is 12.0 Å². The normalized spacial score (nSPS) is 9.47. The Kier molecular flexibility index (Phi) is 3.83. The standard InChI is InChI=1S/C12H12N2O3/c1-4-7-13(3)12(15)10-8-9(2)5-6-11(10)14(16)17/h1,5-6,8H,7H2,2-3H3. The maximum absolute atomic E-state index is 11.9. The van der Waals surface area contributed by atoms with Crippen LogP contribution in [0.15, 0.2) is 18.2 Å². The molecule has 0 saturated heterocycles. The van der Waals surface area contributed by atoms with Gasteiger partial charge in [-0.15, -0.1) is 6.42 Å². The first-order chi connectivity index (χ1) is 7.97. The minimum atomic E-state index is -0.573. The third kappa shape index (κ3) is 2.82. The van der Waals surface area contributed by atoms with E-state index in [4.69, 9.17) is 6.42 Å². The molecular weight excluding hydrogens is 220 g/mol. The van der Waals surface area contributed by atoms with Crippen LogP contribution in [0.5, 0.6) is 0 Å². The number of benzene rings is 1. The number of terminal acetylenes is 1. The molecule has 17 heavy (non-hydrogen) atoms.